The van der Waals surface area contributed by atoms with E-state index in [1.165, 1.54) is 12.1 Å². The molecule has 1 unspecified atom stereocenters. The first-order valence-corrected chi connectivity index (χ1v) is 6.21. The summed E-state index contributed by atoms with van der Waals surface area (Å²) < 4.78 is 37.4. The lowest BCUT2D eigenvalue weighted by atomic mass is 10.00. The minimum atomic E-state index is -4.31. The van der Waals surface area contributed by atoms with Crippen molar-refractivity contribution in [3.8, 4) is 0 Å². The third-order valence-corrected chi connectivity index (χ3v) is 3.14. The zero-order chi connectivity index (χ0) is 14.8. The number of benzene rings is 1. The largest absolute Gasteiger partial charge is 0.416 e. The average Bonchev–Trinajstić information content (AvgIpc) is 2.38. The van der Waals surface area contributed by atoms with Gasteiger partial charge in [0.2, 0.25) is 0 Å². The predicted octanol–water partition coefficient (Wildman–Crippen LogP) is 3.65. The van der Waals surface area contributed by atoms with E-state index in [9.17, 15) is 13.2 Å². The number of hydrogen-bond donors (Lipinski definition) is 1. The lowest BCUT2D eigenvalue weighted by Crippen LogP contribution is -2.16. The lowest BCUT2D eigenvalue weighted by Gasteiger charge is -2.14. The van der Waals surface area contributed by atoms with E-state index in [0.29, 0.717) is 6.42 Å². The molecule has 0 saturated heterocycles. The minimum absolute atomic E-state index is 0.326. The second kappa shape index (κ2) is 5.63. The highest BCUT2D eigenvalue weighted by molar-refractivity contribution is 5.28. The number of alkyl halides is 3. The number of nitrogens with two attached hydrogens (primary N) is 1. The molecule has 0 bridgehead atoms. The second-order valence-electron chi connectivity index (χ2n) is 4.71. The zero-order valence-electron chi connectivity index (χ0n) is 11.0. The summed E-state index contributed by atoms with van der Waals surface area (Å²) in [6, 6.07) is 8.48. The Kier molecular flexibility index (Phi) is 4.09. The van der Waals surface area contributed by atoms with Gasteiger partial charge in [-0.05, 0) is 42.7 Å². The standard InChI is InChI=1S/C15H15F3N2/c1-10-3-2-8-20-14(10)13(19)9-11-4-6-12(7-5-11)15(16,17)18/h2-8,13H,9,19H2,1H3. The van der Waals surface area contributed by atoms with Crippen molar-refractivity contribution in [2.75, 3.05) is 0 Å². The van der Waals surface area contributed by atoms with E-state index < -0.39 is 11.7 Å². The Morgan fingerprint density at radius 1 is 1.15 bits per heavy atom. The van der Waals surface area contributed by atoms with Crippen LogP contribution in [-0.2, 0) is 12.6 Å². The summed E-state index contributed by atoms with van der Waals surface area (Å²) in [7, 11) is 0. The maximum atomic E-state index is 12.5. The summed E-state index contributed by atoms with van der Waals surface area (Å²) in [4.78, 5) is 4.23. The van der Waals surface area contributed by atoms with E-state index in [1.54, 1.807) is 6.20 Å². The Hall–Kier alpha value is -1.88. The number of halogens is 3. The van der Waals surface area contributed by atoms with Gasteiger partial charge in [0.15, 0.2) is 0 Å². The SMILES string of the molecule is Cc1cccnc1C(N)Cc1ccc(C(F)(F)F)cc1. The topological polar surface area (TPSA) is 38.9 Å². The van der Waals surface area contributed by atoms with Crippen molar-refractivity contribution in [3.05, 3.63) is 65.0 Å². The van der Waals surface area contributed by atoms with Gasteiger partial charge in [0.25, 0.3) is 0 Å². The molecule has 1 aromatic carbocycles. The van der Waals surface area contributed by atoms with Crippen LogP contribution in [0.25, 0.3) is 0 Å². The zero-order valence-corrected chi connectivity index (χ0v) is 11.0. The van der Waals surface area contributed by atoms with Gasteiger partial charge in [-0.25, -0.2) is 0 Å². The molecule has 1 atom stereocenters. The summed E-state index contributed by atoms with van der Waals surface area (Å²) in [6.45, 7) is 1.91. The van der Waals surface area contributed by atoms with Crippen LogP contribution in [0.3, 0.4) is 0 Å². The van der Waals surface area contributed by atoms with Crippen LogP contribution in [0, 0.1) is 6.92 Å². The Balaban J connectivity index is 2.13. The van der Waals surface area contributed by atoms with Crippen molar-refractivity contribution < 1.29 is 13.2 Å². The molecule has 20 heavy (non-hydrogen) atoms. The molecule has 2 rings (SSSR count). The minimum Gasteiger partial charge on any atom is -0.322 e. The van der Waals surface area contributed by atoms with Gasteiger partial charge in [0.05, 0.1) is 17.3 Å². The first-order chi connectivity index (χ1) is 9.38. The van der Waals surface area contributed by atoms with Crippen molar-refractivity contribution in [2.45, 2.75) is 25.6 Å². The third-order valence-electron chi connectivity index (χ3n) is 3.14. The van der Waals surface area contributed by atoms with E-state index in [4.69, 9.17) is 5.73 Å². The molecule has 0 saturated carbocycles. The molecule has 1 heterocycles. The molecule has 2 N–H and O–H groups in total. The number of nitrogens with zero attached hydrogens (tertiary/aromatic N) is 1. The molecule has 0 radical (unpaired) electrons. The van der Waals surface area contributed by atoms with Crippen LogP contribution in [0.15, 0.2) is 42.6 Å². The van der Waals surface area contributed by atoms with Gasteiger partial charge in [0, 0.05) is 6.20 Å². The van der Waals surface area contributed by atoms with Crippen LogP contribution in [0.1, 0.15) is 28.4 Å². The van der Waals surface area contributed by atoms with E-state index in [2.05, 4.69) is 4.98 Å². The monoisotopic (exact) mass is 280 g/mol. The molecule has 0 aliphatic heterocycles. The molecule has 0 spiro atoms. The molecule has 5 heteroatoms. The highest BCUT2D eigenvalue weighted by atomic mass is 19.4. The van der Waals surface area contributed by atoms with Crippen molar-refractivity contribution >= 4 is 0 Å². The lowest BCUT2D eigenvalue weighted by molar-refractivity contribution is -0.137. The number of hydrogen-bond acceptors (Lipinski definition) is 2. The van der Waals surface area contributed by atoms with Crippen molar-refractivity contribution in [1.29, 1.82) is 0 Å². The molecular formula is C15H15F3N2. The number of pyridine rings is 1. The second-order valence-corrected chi connectivity index (χ2v) is 4.71. The average molecular weight is 280 g/mol. The van der Waals surface area contributed by atoms with E-state index >= 15 is 0 Å². The van der Waals surface area contributed by atoms with Gasteiger partial charge in [-0.3, -0.25) is 4.98 Å². The van der Waals surface area contributed by atoms with Crippen LogP contribution in [0.2, 0.25) is 0 Å². The fraction of sp³-hybridized carbons (Fsp3) is 0.267. The number of aromatic nitrogens is 1. The van der Waals surface area contributed by atoms with Crippen molar-refractivity contribution in [1.82, 2.24) is 4.98 Å². The number of rotatable bonds is 3. The summed E-state index contributed by atoms with van der Waals surface area (Å²) in [5.74, 6) is 0. The molecule has 0 fully saturated rings. The van der Waals surface area contributed by atoms with Crippen LogP contribution in [0.4, 0.5) is 13.2 Å². The van der Waals surface area contributed by atoms with E-state index in [1.807, 2.05) is 19.1 Å². The molecule has 0 aliphatic rings. The summed E-state index contributed by atoms with van der Waals surface area (Å²) in [5.41, 5.74) is 7.93. The third kappa shape index (κ3) is 3.36. The van der Waals surface area contributed by atoms with Gasteiger partial charge in [-0.1, -0.05) is 18.2 Å². The van der Waals surface area contributed by atoms with Crippen LogP contribution in [0.5, 0.6) is 0 Å². The molecule has 2 aromatic rings. The smallest absolute Gasteiger partial charge is 0.322 e. The van der Waals surface area contributed by atoms with Gasteiger partial charge in [-0.2, -0.15) is 13.2 Å². The Morgan fingerprint density at radius 2 is 1.80 bits per heavy atom. The summed E-state index contributed by atoms with van der Waals surface area (Å²) in [6.07, 6.45) is -2.19. The summed E-state index contributed by atoms with van der Waals surface area (Å²) >= 11 is 0. The van der Waals surface area contributed by atoms with Crippen LogP contribution in [-0.4, -0.2) is 4.98 Å². The quantitative estimate of drug-likeness (QED) is 0.932. The number of aryl methyl sites for hydroxylation is 1. The van der Waals surface area contributed by atoms with Crippen molar-refractivity contribution in [3.63, 3.8) is 0 Å². The molecule has 2 nitrogen and oxygen atoms in total. The molecular weight excluding hydrogens is 265 g/mol. The molecule has 1 aromatic heterocycles. The van der Waals surface area contributed by atoms with Gasteiger partial charge in [-0.15, -0.1) is 0 Å². The fourth-order valence-electron chi connectivity index (χ4n) is 2.07. The highest BCUT2D eigenvalue weighted by Gasteiger charge is 2.29. The first-order valence-electron chi connectivity index (χ1n) is 6.21. The normalized spacial score (nSPS) is 13.2. The Bertz CT molecular complexity index is 576. The van der Waals surface area contributed by atoms with E-state index in [0.717, 1.165) is 29.0 Å². The maximum Gasteiger partial charge on any atom is 0.416 e. The van der Waals surface area contributed by atoms with Crippen molar-refractivity contribution in [2.24, 2.45) is 5.73 Å². The summed E-state index contributed by atoms with van der Waals surface area (Å²) in [5, 5.41) is 0. The Morgan fingerprint density at radius 3 is 2.35 bits per heavy atom. The predicted molar refractivity (Wildman–Crippen MR) is 71.1 cm³/mol. The van der Waals surface area contributed by atoms with Gasteiger partial charge >= 0.3 is 6.18 Å². The van der Waals surface area contributed by atoms with Gasteiger partial charge in [0.1, 0.15) is 0 Å². The Labute approximate surface area is 115 Å². The first kappa shape index (κ1) is 14.5. The highest BCUT2D eigenvalue weighted by Crippen LogP contribution is 2.29. The van der Waals surface area contributed by atoms with Crippen LogP contribution < -0.4 is 5.73 Å². The molecule has 106 valence electrons. The van der Waals surface area contributed by atoms with E-state index in [-0.39, 0.29) is 6.04 Å². The molecule has 0 aliphatic carbocycles. The van der Waals surface area contributed by atoms with Crippen LogP contribution >= 0.6 is 0 Å². The fourth-order valence-corrected chi connectivity index (χ4v) is 2.07. The van der Waals surface area contributed by atoms with Gasteiger partial charge < -0.3 is 5.73 Å². The molecule has 0 amide bonds. The maximum absolute atomic E-state index is 12.5.